The van der Waals surface area contributed by atoms with E-state index in [1.165, 1.54) is 10.5 Å². The summed E-state index contributed by atoms with van der Waals surface area (Å²) < 4.78 is 5.48. The third kappa shape index (κ3) is 6.17. The molecule has 0 bridgehead atoms. The zero-order chi connectivity index (χ0) is 29.5. The van der Waals surface area contributed by atoms with E-state index in [1.54, 1.807) is 0 Å². The Balaban J connectivity index is 1.59. The molecule has 1 aliphatic rings. The molecule has 4 aromatic rings. The van der Waals surface area contributed by atoms with E-state index < -0.39 is 11.6 Å². The van der Waals surface area contributed by atoms with Gasteiger partial charge >= 0.3 is 6.09 Å². The number of benzene rings is 4. The third-order valence-corrected chi connectivity index (χ3v) is 8.65. The van der Waals surface area contributed by atoms with Gasteiger partial charge < -0.3 is 4.74 Å². The number of rotatable bonds is 11. The van der Waals surface area contributed by atoms with Gasteiger partial charge in [0.1, 0.15) is 6.61 Å². The van der Waals surface area contributed by atoms with Gasteiger partial charge in [0.25, 0.3) is 0 Å². The van der Waals surface area contributed by atoms with Crippen LogP contribution in [0.1, 0.15) is 55.5 Å². The Morgan fingerprint density at radius 3 is 1.90 bits per heavy atom. The highest BCUT2D eigenvalue weighted by molar-refractivity contribution is 5.94. The van der Waals surface area contributed by atoms with Gasteiger partial charge in [-0.15, -0.1) is 0 Å². The molecule has 5 heteroatoms. The van der Waals surface area contributed by atoms with Crippen LogP contribution in [-0.4, -0.2) is 34.4 Å². The second kappa shape index (κ2) is 13.2. The molecule has 5 rings (SSSR count). The van der Waals surface area contributed by atoms with Crippen LogP contribution in [0.3, 0.4) is 0 Å². The van der Waals surface area contributed by atoms with Crippen molar-refractivity contribution < 1.29 is 14.3 Å². The van der Waals surface area contributed by atoms with Gasteiger partial charge in [-0.05, 0) is 41.5 Å². The average molecular weight is 561 g/mol. The number of imide groups is 1. The fraction of sp³-hybridized carbons (Fsp3) is 0.297. The van der Waals surface area contributed by atoms with E-state index in [4.69, 9.17) is 4.74 Å². The largest absolute Gasteiger partial charge is 0.447 e. The lowest BCUT2D eigenvalue weighted by Gasteiger charge is -2.50. The zero-order valence-corrected chi connectivity index (χ0v) is 24.7. The first-order valence-corrected chi connectivity index (χ1v) is 14.8. The van der Waals surface area contributed by atoms with Crippen LogP contribution < -0.4 is 0 Å². The maximum atomic E-state index is 14.5. The highest BCUT2D eigenvalue weighted by Crippen LogP contribution is 2.46. The van der Waals surface area contributed by atoms with Crippen LogP contribution in [0.4, 0.5) is 4.79 Å². The summed E-state index contributed by atoms with van der Waals surface area (Å²) in [4.78, 5) is 31.4. The number of carbonyl (C=O) groups is 2. The summed E-state index contributed by atoms with van der Waals surface area (Å²) >= 11 is 0. The number of ether oxygens (including phenoxy) is 1. The molecule has 4 aromatic carbocycles. The average Bonchev–Trinajstić information content (AvgIpc) is 3.39. The van der Waals surface area contributed by atoms with Gasteiger partial charge in [0.2, 0.25) is 5.91 Å². The second-order valence-corrected chi connectivity index (χ2v) is 11.5. The zero-order valence-electron chi connectivity index (χ0n) is 24.7. The molecule has 0 spiro atoms. The molecule has 0 unspecified atom stereocenters. The Kier molecular flexibility index (Phi) is 9.19. The monoisotopic (exact) mass is 560 g/mol. The Morgan fingerprint density at radius 2 is 1.33 bits per heavy atom. The van der Waals surface area contributed by atoms with E-state index in [2.05, 4.69) is 86.3 Å². The number of amides is 2. The van der Waals surface area contributed by atoms with Crippen molar-refractivity contribution in [2.75, 3.05) is 6.61 Å². The van der Waals surface area contributed by atoms with Crippen molar-refractivity contribution in [2.24, 2.45) is 5.92 Å². The van der Waals surface area contributed by atoms with E-state index in [0.29, 0.717) is 13.0 Å². The van der Waals surface area contributed by atoms with Crippen LogP contribution in [0, 0.1) is 5.92 Å². The van der Waals surface area contributed by atoms with Crippen LogP contribution >= 0.6 is 0 Å². The first kappa shape index (κ1) is 29.3. The maximum absolute atomic E-state index is 14.5. The molecule has 0 N–H and O–H groups in total. The van der Waals surface area contributed by atoms with Crippen LogP contribution in [0.5, 0.6) is 0 Å². The number of nitrogens with zero attached hydrogens (tertiary/aromatic N) is 2. The lowest BCUT2D eigenvalue weighted by molar-refractivity contribution is -0.135. The van der Waals surface area contributed by atoms with Gasteiger partial charge in [0.05, 0.1) is 18.0 Å². The molecule has 0 saturated carbocycles. The maximum Gasteiger partial charge on any atom is 0.416 e. The minimum atomic E-state index is -0.719. The standard InChI is InChI=1S/C37H40N2O3/c1-28(2)37(33-22-14-7-15-23-33,25-35(40)39-34(27-42-36(39)41)24-30-16-8-4-9-17-30)38(26-31-18-10-5-11-19-31)29(3)32-20-12-6-13-21-32/h4-23,28-29,34H,24-27H2,1-3H3/t29-,34-,37+/m0/s1. The molecule has 42 heavy (non-hydrogen) atoms. The van der Waals surface area contributed by atoms with Crippen molar-refractivity contribution in [3.05, 3.63) is 144 Å². The van der Waals surface area contributed by atoms with Gasteiger partial charge in [-0.3, -0.25) is 9.69 Å². The van der Waals surface area contributed by atoms with E-state index in [-0.39, 0.29) is 36.9 Å². The van der Waals surface area contributed by atoms with Crippen molar-refractivity contribution in [1.82, 2.24) is 9.80 Å². The Morgan fingerprint density at radius 1 is 0.810 bits per heavy atom. The molecule has 2 amide bonds. The second-order valence-electron chi connectivity index (χ2n) is 11.5. The fourth-order valence-corrected chi connectivity index (χ4v) is 6.40. The molecule has 0 radical (unpaired) electrons. The first-order chi connectivity index (χ1) is 20.4. The van der Waals surface area contributed by atoms with E-state index in [9.17, 15) is 9.59 Å². The van der Waals surface area contributed by atoms with Crippen LogP contribution in [0.2, 0.25) is 0 Å². The minimum Gasteiger partial charge on any atom is -0.447 e. The van der Waals surface area contributed by atoms with Crippen molar-refractivity contribution in [3.8, 4) is 0 Å². The molecule has 1 saturated heterocycles. The molecule has 3 atom stereocenters. The first-order valence-electron chi connectivity index (χ1n) is 14.8. The predicted octanol–water partition coefficient (Wildman–Crippen LogP) is 7.78. The van der Waals surface area contributed by atoms with Crippen molar-refractivity contribution in [2.45, 2.75) is 57.8 Å². The summed E-state index contributed by atoms with van der Waals surface area (Å²) in [5, 5.41) is 0. The van der Waals surface area contributed by atoms with Crippen LogP contribution in [0.25, 0.3) is 0 Å². The third-order valence-electron chi connectivity index (χ3n) is 8.65. The Hall–Kier alpha value is -4.22. The molecule has 5 nitrogen and oxygen atoms in total. The number of cyclic esters (lactones) is 1. The fourth-order valence-electron chi connectivity index (χ4n) is 6.40. The number of hydrogen-bond donors (Lipinski definition) is 0. The summed E-state index contributed by atoms with van der Waals surface area (Å²) in [5.41, 5.74) is 3.74. The summed E-state index contributed by atoms with van der Waals surface area (Å²) in [6.45, 7) is 7.41. The summed E-state index contributed by atoms with van der Waals surface area (Å²) in [6, 6.07) is 40.8. The minimum absolute atomic E-state index is 0.0209. The topological polar surface area (TPSA) is 49.9 Å². The molecule has 1 aliphatic heterocycles. The quantitative estimate of drug-likeness (QED) is 0.188. The smallest absolute Gasteiger partial charge is 0.416 e. The molecular formula is C37H40N2O3. The van der Waals surface area contributed by atoms with Crippen LogP contribution in [-0.2, 0) is 28.0 Å². The van der Waals surface area contributed by atoms with Crippen molar-refractivity contribution >= 4 is 12.0 Å². The Labute approximate surface area is 249 Å². The highest BCUT2D eigenvalue weighted by atomic mass is 16.6. The SMILES string of the molecule is CC(C)[C@](CC(=O)N1C(=O)OC[C@@H]1Cc1ccccc1)(c1ccccc1)N(Cc1ccccc1)[C@@H](C)c1ccccc1. The molecular weight excluding hydrogens is 520 g/mol. The van der Waals surface area contributed by atoms with Gasteiger partial charge in [-0.25, -0.2) is 9.69 Å². The normalized spacial score (nSPS) is 17.2. The van der Waals surface area contributed by atoms with Gasteiger partial charge in [0, 0.05) is 12.6 Å². The number of carbonyl (C=O) groups excluding carboxylic acids is 2. The molecule has 0 aromatic heterocycles. The molecule has 216 valence electrons. The van der Waals surface area contributed by atoms with Crippen molar-refractivity contribution in [3.63, 3.8) is 0 Å². The number of hydrogen-bond acceptors (Lipinski definition) is 4. The summed E-state index contributed by atoms with van der Waals surface area (Å²) in [5.74, 6) is -0.181. The van der Waals surface area contributed by atoms with E-state index >= 15 is 0 Å². The lowest BCUT2D eigenvalue weighted by atomic mass is 9.73. The van der Waals surface area contributed by atoms with Gasteiger partial charge in [0.15, 0.2) is 0 Å². The van der Waals surface area contributed by atoms with Gasteiger partial charge in [-0.1, -0.05) is 135 Å². The van der Waals surface area contributed by atoms with Crippen molar-refractivity contribution in [1.29, 1.82) is 0 Å². The Bertz CT molecular complexity index is 1440. The lowest BCUT2D eigenvalue weighted by Crippen LogP contribution is -2.54. The highest BCUT2D eigenvalue weighted by Gasteiger charge is 2.48. The summed E-state index contributed by atoms with van der Waals surface area (Å²) in [6.07, 6.45) is 0.142. The van der Waals surface area contributed by atoms with Gasteiger partial charge in [-0.2, -0.15) is 0 Å². The molecule has 1 heterocycles. The molecule has 0 aliphatic carbocycles. The van der Waals surface area contributed by atoms with E-state index in [0.717, 1.165) is 16.7 Å². The molecule has 1 fully saturated rings. The van der Waals surface area contributed by atoms with Crippen LogP contribution in [0.15, 0.2) is 121 Å². The predicted molar refractivity (Wildman–Crippen MR) is 167 cm³/mol. The summed E-state index contributed by atoms with van der Waals surface area (Å²) in [7, 11) is 0. The van der Waals surface area contributed by atoms with E-state index in [1.807, 2.05) is 60.7 Å².